The van der Waals surface area contributed by atoms with Crippen molar-refractivity contribution in [2.24, 2.45) is 0 Å². The van der Waals surface area contributed by atoms with Crippen LogP contribution >= 0.6 is 11.6 Å². The van der Waals surface area contributed by atoms with Gasteiger partial charge in [0.25, 0.3) is 0 Å². The molecule has 0 spiro atoms. The van der Waals surface area contributed by atoms with Crippen molar-refractivity contribution >= 4 is 22.6 Å². The maximum Gasteiger partial charge on any atom is 0.125 e. The van der Waals surface area contributed by atoms with Gasteiger partial charge in [-0.3, -0.25) is 0 Å². The highest BCUT2D eigenvalue weighted by Crippen LogP contribution is 2.22. The summed E-state index contributed by atoms with van der Waals surface area (Å²) in [6.07, 6.45) is 5.22. The second-order valence-electron chi connectivity index (χ2n) is 5.22. The number of benzene rings is 1. The summed E-state index contributed by atoms with van der Waals surface area (Å²) in [5.74, 6) is 0.832. The summed E-state index contributed by atoms with van der Waals surface area (Å²) in [7, 11) is 0. The fourth-order valence-electron chi connectivity index (χ4n) is 2.86. The maximum atomic E-state index is 13.4. The van der Waals surface area contributed by atoms with Crippen LogP contribution in [0.25, 0.3) is 11.0 Å². The molecule has 108 valence electrons. The lowest BCUT2D eigenvalue weighted by molar-refractivity contribution is 0.0532. The van der Waals surface area contributed by atoms with Gasteiger partial charge in [0.05, 0.1) is 29.6 Å². The summed E-state index contributed by atoms with van der Waals surface area (Å²) in [5, 5.41) is 0. The molecule has 1 fully saturated rings. The van der Waals surface area contributed by atoms with Gasteiger partial charge in [-0.2, -0.15) is 0 Å². The SMILES string of the molecule is Fc1ccc2nc(CCl)n(CCOC3CCCC3)c2c1. The standard InChI is InChI=1S/C15H18ClFN2O/c16-10-15-18-13-6-5-11(17)9-14(13)19(15)7-8-20-12-3-1-2-4-12/h5-6,9,12H,1-4,7-8,10H2. The first-order chi connectivity index (χ1) is 9.78. The van der Waals surface area contributed by atoms with Gasteiger partial charge in [0.1, 0.15) is 11.6 Å². The number of imidazole rings is 1. The number of rotatable bonds is 5. The second-order valence-corrected chi connectivity index (χ2v) is 5.49. The molecule has 1 saturated carbocycles. The van der Waals surface area contributed by atoms with Gasteiger partial charge in [-0.25, -0.2) is 9.37 Å². The fourth-order valence-corrected chi connectivity index (χ4v) is 3.07. The Kier molecular flexibility index (Phi) is 4.22. The number of nitrogens with zero attached hydrogens (tertiary/aromatic N) is 2. The van der Waals surface area contributed by atoms with E-state index in [1.54, 1.807) is 6.07 Å². The Balaban J connectivity index is 1.76. The smallest absolute Gasteiger partial charge is 0.125 e. The van der Waals surface area contributed by atoms with Crippen molar-refractivity contribution in [3.05, 3.63) is 29.8 Å². The van der Waals surface area contributed by atoms with E-state index in [1.807, 2.05) is 4.57 Å². The third-order valence-electron chi connectivity index (χ3n) is 3.88. The molecule has 20 heavy (non-hydrogen) atoms. The van der Waals surface area contributed by atoms with Crippen molar-refractivity contribution in [2.75, 3.05) is 6.61 Å². The zero-order valence-corrected chi connectivity index (χ0v) is 12.1. The molecule has 5 heteroatoms. The molecule has 3 rings (SSSR count). The highest BCUT2D eigenvalue weighted by Gasteiger charge is 2.16. The Bertz CT molecular complexity index is 593. The highest BCUT2D eigenvalue weighted by molar-refractivity contribution is 6.16. The molecule has 1 heterocycles. The Hall–Kier alpha value is -1.13. The summed E-state index contributed by atoms with van der Waals surface area (Å²) in [6, 6.07) is 4.62. The molecule has 0 bridgehead atoms. The lowest BCUT2D eigenvalue weighted by Crippen LogP contribution is -2.14. The molecular formula is C15H18ClFN2O. The van der Waals surface area contributed by atoms with Gasteiger partial charge in [0.2, 0.25) is 0 Å². The summed E-state index contributed by atoms with van der Waals surface area (Å²) in [6.45, 7) is 1.29. The van der Waals surface area contributed by atoms with Gasteiger partial charge in [-0.1, -0.05) is 12.8 Å². The van der Waals surface area contributed by atoms with Gasteiger partial charge in [-0.15, -0.1) is 11.6 Å². The number of aromatic nitrogens is 2. The van der Waals surface area contributed by atoms with Crippen molar-refractivity contribution in [1.29, 1.82) is 0 Å². The van der Waals surface area contributed by atoms with Crippen molar-refractivity contribution in [2.45, 2.75) is 44.2 Å². The van der Waals surface area contributed by atoms with E-state index in [4.69, 9.17) is 16.3 Å². The molecule has 2 aromatic rings. The van der Waals surface area contributed by atoms with Gasteiger partial charge in [0, 0.05) is 6.54 Å². The zero-order valence-electron chi connectivity index (χ0n) is 11.3. The number of fused-ring (bicyclic) bond motifs is 1. The van der Waals surface area contributed by atoms with Crippen molar-refractivity contribution in [3.8, 4) is 0 Å². The zero-order chi connectivity index (χ0) is 13.9. The molecule has 0 saturated heterocycles. The van der Waals surface area contributed by atoms with Crippen molar-refractivity contribution < 1.29 is 9.13 Å². The molecule has 0 aliphatic heterocycles. The monoisotopic (exact) mass is 296 g/mol. The Morgan fingerprint density at radius 2 is 2.15 bits per heavy atom. The first-order valence-corrected chi connectivity index (χ1v) is 7.63. The highest BCUT2D eigenvalue weighted by atomic mass is 35.5. The summed E-state index contributed by atoms with van der Waals surface area (Å²) in [5.41, 5.74) is 1.57. The van der Waals surface area contributed by atoms with Gasteiger partial charge >= 0.3 is 0 Å². The first kappa shape index (κ1) is 13.8. The Morgan fingerprint density at radius 1 is 1.35 bits per heavy atom. The minimum atomic E-state index is -0.253. The van der Waals surface area contributed by atoms with Crippen LogP contribution < -0.4 is 0 Å². The first-order valence-electron chi connectivity index (χ1n) is 7.10. The average molecular weight is 297 g/mol. The van der Waals surface area contributed by atoms with Gasteiger partial charge in [-0.05, 0) is 31.0 Å². The molecular weight excluding hydrogens is 279 g/mol. The van der Waals surface area contributed by atoms with E-state index in [9.17, 15) is 4.39 Å². The molecule has 3 nitrogen and oxygen atoms in total. The normalized spacial score (nSPS) is 16.3. The van der Waals surface area contributed by atoms with E-state index in [0.29, 0.717) is 25.1 Å². The van der Waals surface area contributed by atoms with Crippen LogP contribution in [0.1, 0.15) is 31.5 Å². The number of ether oxygens (including phenoxy) is 1. The van der Waals surface area contributed by atoms with E-state index in [-0.39, 0.29) is 5.82 Å². The number of halogens is 2. The minimum absolute atomic E-state index is 0.253. The molecule has 1 aromatic heterocycles. The Labute approximate surface area is 122 Å². The van der Waals surface area contributed by atoms with Crippen LogP contribution in [0.3, 0.4) is 0 Å². The fraction of sp³-hybridized carbons (Fsp3) is 0.533. The van der Waals surface area contributed by atoms with Crippen LogP contribution in [0, 0.1) is 5.82 Å². The molecule has 0 N–H and O–H groups in total. The lowest BCUT2D eigenvalue weighted by Gasteiger charge is -2.13. The lowest BCUT2D eigenvalue weighted by atomic mass is 10.3. The molecule has 1 aromatic carbocycles. The topological polar surface area (TPSA) is 27.1 Å². The molecule has 0 amide bonds. The van der Waals surface area contributed by atoms with Gasteiger partial charge < -0.3 is 9.30 Å². The summed E-state index contributed by atoms with van der Waals surface area (Å²) >= 11 is 5.93. The summed E-state index contributed by atoms with van der Waals surface area (Å²) < 4.78 is 21.2. The average Bonchev–Trinajstić information content (AvgIpc) is 3.07. The summed E-state index contributed by atoms with van der Waals surface area (Å²) in [4.78, 5) is 4.43. The van der Waals surface area contributed by atoms with Crippen LogP contribution in [0.15, 0.2) is 18.2 Å². The maximum absolute atomic E-state index is 13.4. The number of hydrogen-bond donors (Lipinski definition) is 0. The minimum Gasteiger partial charge on any atom is -0.376 e. The second kappa shape index (κ2) is 6.10. The number of hydrogen-bond acceptors (Lipinski definition) is 2. The van der Waals surface area contributed by atoms with Crippen molar-refractivity contribution in [1.82, 2.24) is 9.55 Å². The third kappa shape index (κ3) is 2.81. The Morgan fingerprint density at radius 3 is 2.90 bits per heavy atom. The molecule has 0 atom stereocenters. The van der Waals surface area contributed by atoms with Crippen LogP contribution in [0.2, 0.25) is 0 Å². The van der Waals surface area contributed by atoms with E-state index in [1.165, 1.54) is 25.0 Å². The molecule has 1 aliphatic carbocycles. The predicted octanol–water partition coefficient (Wildman–Crippen LogP) is 3.87. The van der Waals surface area contributed by atoms with Crippen LogP contribution in [-0.2, 0) is 17.2 Å². The predicted molar refractivity (Wildman–Crippen MR) is 77.5 cm³/mol. The van der Waals surface area contributed by atoms with Crippen LogP contribution in [-0.4, -0.2) is 22.3 Å². The molecule has 1 aliphatic rings. The van der Waals surface area contributed by atoms with Gasteiger partial charge in [0.15, 0.2) is 0 Å². The van der Waals surface area contributed by atoms with Crippen LogP contribution in [0.4, 0.5) is 4.39 Å². The van der Waals surface area contributed by atoms with E-state index in [2.05, 4.69) is 4.98 Å². The van der Waals surface area contributed by atoms with Crippen molar-refractivity contribution in [3.63, 3.8) is 0 Å². The van der Waals surface area contributed by atoms with Crippen LogP contribution in [0.5, 0.6) is 0 Å². The largest absolute Gasteiger partial charge is 0.376 e. The number of alkyl halides is 1. The third-order valence-corrected chi connectivity index (χ3v) is 4.12. The molecule has 0 unspecified atom stereocenters. The molecule has 0 radical (unpaired) electrons. The quantitative estimate of drug-likeness (QED) is 0.783. The van der Waals surface area contributed by atoms with E-state index < -0.39 is 0 Å². The van der Waals surface area contributed by atoms with E-state index in [0.717, 1.165) is 29.7 Å². The van der Waals surface area contributed by atoms with E-state index >= 15 is 0 Å².